The van der Waals surface area contributed by atoms with Gasteiger partial charge in [0.2, 0.25) is 0 Å². The van der Waals surface area contributed by atoms with Gasteiger partial charge in [-0.25, -0.2) is 0 Å². The molecule has 0 bridgehead atoms. The van der Waals surface area contributed by atoms with Crippen molar-refractivity contribution in [2.24, 2.45) is 0 Å². The molecule has 1 saturated heterocycles. The van der Waals surface area contributed by atoms with Gasteiger partial charge in [-0.05, 0) is 57.0 Å². The van der Waals surface area contributed by atoms with Crippen molar-refractivity contribution >= 4 is 34.1 Å². The number of alkyl halides is 1. The van der Waals surface area contributed by atoms with Gasteiger partial charge in [0, 0.05) is 29.1 Å². The molecule has 7 heteroatoms. The molecule has 1 aromatic heterocycles. The molecule has 5 nitrogen and oxygen atoms in total. The van der Waals surface area contributed by atoms with Crippen LogP contribution in [-0.4, -0.2) is 47.4 Å². The monoisotopic (exact) mass is 400 g/mol. The maximum Gasteiger partial charge on any atom is 0.119 e. The summed E-state index contributed by atoms with van der Waals surface area (Å²) < 4.78 is 5.29. The van der Waals surface area contributed by atoms with Crippen molar-refractivity contribution in [2.45, 2.75) is 36.7 Å². The number of hydrogen-bond donors (Lipinski definition) is 3. The molecule has 1 aliphatic heterocycles. The van der Waals surface area contributed by atoms with Crippen LogP contribution in [0.5, 0.6) is 5.75 Å². The first-order valence-corrected chi connectivity index (χ1v) is 9.42. The molecule has 0 amide bonds. The Balaban J connectivity index is 0.00000117. The van der Waals surface area contributed by atoms with E-state index in [9.17, 15) is 5.11 Å². The summed E-state index contributed by atoms with van der Waals surface area (Å²) in [5, 5.41) is 22.4. The van der Waals surface area contributed by atoms with E-state index in [0.29, 0.717) is 22.8 Å². The normalized spacial score (nSPS) is 17.3. The number of aromatic nitrogens is 1. The Morgan fingerprint density at radius 1 is 1.31 bits per heavy atom. The molecule has 3 rings (SSSR count). The summed E-state index contributed by atoms with van der Waals surface area (Å²) in [4.78, 5) is 4.09. The van der Waals surface area contributed by atoms with Gasteiger partial charge in [-0.1, -0.05) is 11.6 Å². The quantitative estimate of drug-likeness (QED) is 0.667. The fourth-order valence-corrected chi connectivity index (χ4v) is 3.87. The number of hydrogen-bond acceptors (Lipinski definition) is 5. The Labute approximate surface area is 164 Å². The molecule has 2 heterocycles. The Kier molecular flexibility index (Phi) is 7.92. The lowest BCUT2D eigenvalue weighted by Crippen LogP contribution is -2.38. The lowest BCUT2D eigenvalue weighted by atomic mass is 9.89. The van der Waals surface area contributed by atoms with E-state index in [1.54, 1.807) is 13.3 Å². The molecule has 1 aromatic carbocycles. The topological polar surface area (TPSA) is 74.6 Å². The Bertz CT molecular complexity index is 721. The Hall–Kier alpha value is -1.11. The molecule has 0 radical (unpaired) electrons. The first-order chi connectivity index (χ1) is 12.5. The largest absolute Gasteiger partial charge is 0.497 e. The smallest absolute Gasteiger partial charge is 0.119 e. The first-order valence-electron chi connectivity index (χ1n) is 8.67. The number of nitrogens with zero attached hydrogens (tertiary/aromatic N) is 1. The van der Waals surface area contributed by atoms with Crippen LogP contribution in [-0.2, 0) is 0 Å². The molecule has 1 aliphatic rings. The van der Waals surface area contributed by atoms with Gasteiger partial charge in [-0.15, -0.1) is 11.6 Å². The van der Waals surface area contributed by atoms with Crippen LogP contribution in [0, 0.1) is 0 Å². The SMILES string of the molecule is CO.COc1ccc2ncc(Cl)c(C(O)CCC3(Cl)CCNCC3)c2c1. The lowest BCUT2D eigenvalue weighted by molar-refractivity contribution is 0.157. The number of nitrogens with one attached hydrogen (secondary N) is 1. The fraction of sp³-hybridized carbons (Fsp3) is 0.526. The van der Waals surface area contributed by atoms with E-state index in [2.05, 4.69) is 10.3 Å². The minimum Gasteiger partial charge on any atom is -0.497 e. The van der Waals surface area contributed by atoms with Crippen molar-refractivity contribution in [3.8, 4) is 5.75 Å². The number of methoxy groups -OCH3 is 1. The van der Waals surface area contributed by atoms with E-state index in [1.165, 1.54) is 0 Å². The summed E-state index contributed by atoms with van der Waals surface area (Å²) in [7, 11) is 2.61. The van der Waals surface area contributed by atoms with E-state index in [1.807, 2.05) is 18.2 Å². The van der Waals surface area contributed by atoms with Gasteiger partial charge in [-0.3, -0.25) is 4.98 Å². The summed E-state index contributed by atoms with van der Waals surface area (Å²) in [6, 6.07) is 5.59. The van der Waals surface area contributed by atoms with Crippen LogP contribution in [0.25, 0.3) is 10.9 Å². The van der Waals surface area contributed by atoms with Gasteiger partial charge < -0.3 is 20.3 Å². The number of aliphatic hydroxyl groups is 2. The predicted octanol–water partition coefficient (Wildman–Crippen LogP) is 3.68. The molecule has 2 aromatic rings. The number of benzene rings is 1. The summed E-state index contributed by atoms with van der Waals surface area (Å²) >= 11 is 13.0. The summed E-state index contributed by atoms with van der Waals surface area (Å²) in [6.45, 7) is 1.85. The number of pyridine rings is 1. The maximum atomic E-state index is 10.8. The number of ether oxygens (including phenoxy) is 1. The van der Waals surface area contributed by atoms with Crippen LogP contribution in [0.4, 0.5) is 0 Å². The second kappa shape index (κ2) is 9.72. The highest BCUT2D eigenvalue weighted by atomic mass is 35.5. The number of rotatable bonds is 5. The maximum absolute atomic E-state index is 10.8. The van der Waals surface area contributed by atoms with Crippen LogP contribution >= 0.6 is 23.2 Å². The van der Waals surface area contributed by atoms with Gasteiger partial charge in [0.1, 0.15) is 5.75 Å². The fourth-order valence-electron chi connectivity index (χ4n) is 3.30. The summed E-state index contributed by atoms with van der Waals surface area (Å²) in [5.74, 6) is 0.715. The number of fused-ring (bicyclic) bond motifs is 1. The second-order valence-electron chi connectivity index (χ2n) is 6.36. The van der Waals surface area contributed by atoms with Crippen LogP contribution in [0.3, 0.4) is 0 Å². The molecule has 1 unspecified atom stereocenters. The third-order valence-corrected chi connectivity index (χ3v) is 5.63. The van der Waals surface area contributed by atoms with Crippen molar-refractivity contribution in [2.75, 3.05) is 27.3 Å². The average molecular weight is 401 g/mol. The highest BCUT2D eigenvalue weighted by Crippen LogP contribution is 2.38. The third-order valence-electron chi connectivity index (χ3n) is 4.77. The van der Waals surface area contributed by atoms with Gasteiger partial charge >= 0.3 is 0 Å². The molecular formula is C19H26Cl2N2O3. The summed E-state index contributed by atoms with van der Waals surface area (Å²) in [5.41, 5.74) is 1.49. The van der Waals surface area contributed by atoms with E-state index >= 15 is 0 Å². The molecule has 26 heavy (non-hydrogen) atoms. The van der Waals surface area contributed by atoms with E-state index in [0.717, 1.165) is 50.4 Å². The van der Waals surface area contributed by atoms with Gasteiger partial charge in [-0.2, -0.15) is 0 Å². The summed E-state index contributed by atoms with van der Waals surface area (Å²) in [6.07, 6.45) is 4.07. The van der Waals surface area contributed by atoms with Gasteiger partial charge in [0.25, 0.3) is 0 Å². The van der Waals surface area contributed by atoms with Crippen molar-refractivity contribution in [1.82, 2.24) is 10.3 Å². The number of halogens is 2. The molecule has 1 atom stereocenters. The number of aliphatic hydroxyl groups excluding tert-OH is 2. The molecule has 144 valence electrons. The van der Waals surface area contributed by atoms with Crippen LogP contribution in [0.15, 0.2) is 24.4 Å². The second-order valence-corrected chi connectivity index (χ2v) is 7.57. The molecule has 0 spiro atoms. The standard InChI is InChI=1S/C18H22Cl2N2O2.CH4O/c1-24-12-2-3-15-13(10-12)17(14(19)11-22-15)16(23)4-5-18(20)6-8-21-9-7-18;1-2/h2-3,10-11,16,21,23H,4-9H2,1H3;2H,1H3. The van der Waals surface area contributed by atoms with Crippen molar-refractivity contribution in [3.05, 3.63) is 35.0 Å². The van der Waals surface area contributed by atoms with Crippen LogP contribution in [0.1, 0.15) is 37.4 Å². The Morgan fingerprint density at radius 3 is 2.65 bits per heavy atom. The highest BCUT2D eigenvalue weighted by molar-refractivity contribution is 6.32. The number of piperidine rings is 1. The minimum atomic E-state index is -0.680. The molecule has 3 N–H and O–H groups in total. The van der Waals surface area contributed by atoms with E-state index in [-0.39, 0.29) is 4.87 Å². The van der Waals surface area contributed by atoms with Crippen molar-refractivity contribution < 1.29 is 14.9 Å². The third kappa shape index (κ3) is 4.99. The van der Waals surface area contributed by atoms with Crippen LogP contribution < -0.4 is 10.1 Å². The predicted molar refractivity (Wildman–Crippen MR) is 106 cm³/mol. The Morgan fingerprint density at radius 2 is 2.00 bits per heavy atom. The zero-order chi connectivity index (χ0) is 19.2. The van der Waals surface area contributed by atoms with E-state index in [4.69, 9.17) is 33.0 Å². The van der Waals surface area contributed by atoms with E-state index < -0.39 is 6.10 Å². The molecular weight excluding hydrogens is 375 g/mol. The minimum absolute atomic E-state index is 0.237. The average Bonchev–Trinajstić information content (AvgIpc) is 2.68. The molecule has 0 saturated carbocycles. The van der Waals surface area contributed by atoms with Crippen LogP contribution in [0.2, 0.25) is 5.02 Å². The highest BCUT2D eigenvalue weighted by Gasteiger charge is 2.30. The van der Waals surface area contributed by atoms with Gasteiger partial charge in [0.15, 0.2) is 0 Å². The molecule has 1 fully saturated rings. The van der Waals surface area contributed by atoms with Crippen molar-refractivity contribution in [3.63, 3.8) is 0 Å². The zero-order valence-corrected chi connectivity index (χ0v) is 16.6. The lowest BCUT2D eigenvalue weighted by Gasteiger charge is -2.32. The van der Waals surface area contributed by atoms with Gasteiger partial charge in [0.05, 0.1) is 23.8 Å². The molecule has 0 aliphatic carbocycles. The first kappa shape index (κ1) is 21.2. The van der Waals surface area contributed by atoms with Crippen molar-refractivity contribution in [1.29, 1.82) is 0 Å². The zero-order valence-electron chi connectivity index (χ0n) is 15.1.